The first-order chi connectivity index (χ1) is 9.04. The Morgan fingerprint density at radius 1 is 1.37 bits per heavy atom. The number of para-hydroxylation sites is 1. The quantitative estimate of drug-likeness (QED) is 0.871. The van der Waals surface area contributed by atoms with E-state index in [2.05, 4.69) is 9.97 Å². The monoisotopic (exact) mass is 260 g/mol. The van der Waals surface area contributed by atoms with E-state index in [0.717, 1.165) is 0 Å². The minimum absolute atomic E-state index is 0.0379. The molecule has 0 radical (unpaired) electrons. The molecule has 0 fully saturated rings. The number of benzene rings is 1. The number of carboxylic acid groups (broad SMARTS) is 1. The number of H-pyrrole nitrogens is 1. The summed E-state index contributed by atoms with van der Waals surface area (Å²) in [5.41, 5.74) is 0.198. The van der Waals surface area contributed by atoms with Crippen LogP contribution in [0.1, 0.15) is 16.1 Å². The standard InChI is InChI=1S/C13H12N2O4/c1-7-10(12(16)17)11(15-13(18)14-7)8-5-3-4-6-9(8)19-2/h3-6H,1-2H3,(H,16,17)(H,14,15,18). The molecule has 0 atom stereocenters. The van der Waals surface area contributed by atoms with Gasteiger partial charge in [0.05, 0.1) is 12.8 Å². The van der Waals surface area contributed by atoms with Gasteiger partial charge in [0.1, 0.15) is 11.3 Å². The number of hydrogen-bond donors (Lipinski definition) is 2. The molecule has 2 N–H and O–H groups in total. The zero-order valence-corrected chi connectivity index (χ0v) is 10.4. The predicted octanol–water partition coefficient (Wildman–Crippen LogP) is 1.45. The van der Waals surface area contributed by atoms with Gasteiger partial charge in [-0.1, -0.05) is 12.1 Å². The summed E-state index contributed by atoms with van der Waals surface area (Å²) in [6, 6.07) is 6.82. The largest absolute Gasteiger partial charge is 0.496 e. The smallest absolute Gasteiger partial charge is 0.345 e. The third kappa shape index (κ3) is 2.33. The minimum atomic E-state index is -1.15. The van der Waals surface area contributed by atoms with Crippen molar-refractivity contribution in [2.24, 2.45) is 0 Å². The van der Waals surface area contributed by atoms with Crippen LogP contribution in [0.5, 0.6) is 5.75 Å². The maximum absolute atomic E-state index is 11.5. The molecule has 2 rings (SSSR count). The molecule has 0 amide bonds. The molecule has 0 bridgehead atoms. The van der Waals surface area contributed by atoms with Crippen molar-refractivity contribution in [3.05, 3.63) is 46.0 Å². The van der Waals surface area contributed by atoms with Gasteiger partial charge in [-0.3, -0.25) is 0 Å². The van der Waals surface area contributed by atoms with Gasteiger partial charge in [0, 0.05) is 11.3 Å². The number of hydrogen-bond acceptors (Lipinski definition) is 4. The summed E-state index contributed by atoms with van der Waals surface area (Å²) in [5, 5.41) is 9.26. The molecular formula is C13H12N2O4. The van der Waals surface area contributed by atoms with E-state index in [9.17, 15) is 14.7 Å². The number of methoxy groups -OCH3 is 1. The molecule has 1 aromatic heterocycles. The number of rotatable bonds is 3. The van der Waals surface area contributed by atoms with E-state index in [1.807, 2.05) is 0 Å². The summed E-state index contributed by atoms with van der Waals surface area (Å²) in [6.07, 6.45) is 0. The molecule has 0 unspecified atom stereocenters. The number of aryl methyl sites for hydroxylation is 1. The summed E-state index contributed by atoms with van der Waals surface area (Å²) in [5.74, 6) is -0.690. The maximum Gasteiger partial charge on any atom is 0.345 e. The summed E-state index contributed by atoms with van der Waals surface area (Å²) in [6.45, 7) is 1.52. The Morgan fingerprint density at radius 3 is 2.68 bits per heavy atom. The minimum Gasteiger partial charge on any atom is -0.496 e. The molecule has 0 aliphatic heterocycles. The van der Waals surface area contributed by atoms with E-state index in [1.54, 1.807) is 24.3 Å². The van der Waals surface area contributed by atoms with Crippen LogP contribution in [0.3, 0.4) is 0 Å². The summed E-state index contributed by atoms with van der Waals surface area (Å²) < 4.78 is 5.17. The number of aromatic nitrogens is 2. The van der Waals surface area contributed by atoms with E-state index in [4.69, 9.17) is 4.74 Å². The number of nitrogens with zero attached hydrogens (tertiary/aromatic N) is 1. The molecule has 19 heavy (non-hydrogen) atoms. The van der Waals surface area contributed by atoms with Crippen LogP contribution < -0.4 is 10.4 Å². The first kappa shape index (κ1) is 12.8. The van der Waals surface area contributed by atoms with Gasteiger partial charge in [0.25, 0.3) is 0 Å². The van der Waals surface area contributed by atoms with Crippen LogP contribution in [0.25, 0.3) is 11.3 Å². The van der Waals surface area contributed by atoms with Crippen LogP contribution in [-0.4, -0.2) is 28.2 Å². The highest BCUT2D eigenvalue weighted by molar-refractivity contribution is 5.96. The van der Waals surface area contributed by atoms with Crippen molar-refractivity contribution < 1.29 is 14.6 Å². The molecule has 1 aromatic carbocycles. The Bertz CT molecular complexity index is 691. The molecule has 6 heteroatoms. The topological polar surface area (TPSA) is 92.3 Å². The number of carboxylic acids is 1. The Balaban J connectivity index is 2.81. The van der Waals surface area contributed by atoms with Crippen molar-refractivity contribution in [1.29, 1.82) is 0 Å². The highest BCUT2D eigenvalue weighted by Gasteiger charge is 2.20. The lowest BCUT2D eigenvalue weighted by Gasteiger charge is -2.10. The molecule has 2 aromatic rings. The van der Waals surface area contributed by atoms with Crippen LogP contribution in [0.15, 0.2) is 29.1 Å². The molecule has 0 spiro atoms. The van der Waals surface area contributed by atoms with Gasteiger partial charge >= 0.3 is 11.7 Å². The van der Waals surface area contributed by atoms with Crippen molar-refractivity contribution in [3.8, 4) is 17.0 Å². The van der Waals surface area contributed by atoms with Crippen molar-refractivity contribution in [2.45, 2.75) is 6.92 Å². The van der Waals surface area contributed by atoms with Gasteiger partial charge in [-0.2, -0.15) is 4.98 Å². The van der Waals surface area contributed by atoms with E-state index in [-0.39, 0.29) is 17.0 Å². The van der Waals surface area contributed by atoms with Crippen LogP contribution in [0.2, 0.25) is 0 Å². The van der Waals surface area contributed by atoms with Crippen LogP contribution in [-0.2, 0) is 0 Å². The van der Waals surface area contributed by atoms with E-state index >= 15 is 0 Å². The van der Waals surface area contributed by atoms with Gasteiger partial charge < -0.3 is 14.8 Å². The highest BCUT2D eigenvalue weighted by atomic mass is 16.5. The SMILES string of the molecule is COc1ccccc1-c1nc(=O)[nH]c(C)c1C(=O)O. The first-order valence-corrected chi connectivity index (χ1v) is 5.52. The average Bonchev–Trinajstić information content (AvgIpc) is 2.37. The predicted molar refractivity (Wildman–Crippen MR) is 68.5 cm³/mol. The first-order valence-electron chi connectivity index (χ1n) is 5.52. The molecule has 0 aliphatic carbocycles. The second-order valence-corrected chi connectivity index (χ2v) is 3.90. The van der Waals surface area contributed by atoms with Gasteiger partial charge in [0.15, 0.2) is 0 Å². The second kappa shape index (κ2) is 4.93. The summed E-state index contributed by atoms with van der Waals surface area (Å²) in [7, 11) is 1.47. The molecule has 98 valence electrons. The Morgan fingerprint density at radius 2 is 2.05 bits per heavy atom. The third-order valence-electron chi connectivity index (χ3n) is 2.70. The van der Waals surface area contributed by atoms with Crippen LogP contribution >= 0.6 is 0 Å². The number of nitrogens with one attached hydrogen (secondary N) is 1. The van der Waals surface area contributed by atoms with Gasteiger partial charge in [-0.25, -0.2) is 9.59 Å². The number of ether oxygens (including phenoxy) is 1. The molecular weight excluding hydrogens is 248 g/mol. The maximum atomic E-state index is 11.5. The van der Waals surface area contributed by atoms with Crippen LogP contribution in [0, 0.1) is 6.92 Å². The lowest BCUT2D eigenvalue weighted by Crippen LogP contribution is -2.18. The Labute approximate surface area is 108 Å². The van der Waals surface area contributed by atoms with Crippen molar-refractivity contribution >= 4 is 5.97 Å². The molecule has 0 saturated heterocycles. The number of aromatic amines is 1. The fourth-order valence-corrected chi connectivity index (χ4v) is 1.88. The lowest BCUT2D eigenvalue weighted by atomic mass is 10.0. The number of aromatic carboxylic acids is 1. The molecule has 0 saturated carbocycles. The highest BCUT2D eigenvalue weighted by Crippen LogP contribution is 2.30. The van der Waals surface area contributed by atoms with E-state index < -0.39 is 11.7 Å². The lowest BCUT2D eigenvalue weighted by molar-refractivity contribution is 0.0696. The van der Waals surface area contributed by atoms with Gasteiger partial charge in [-0.05, 0) is 19.1 Å². The fourth-order valence-electron chi connectivity index (χ4n) is 1.88. The van der Waals surface area contributed by atoms with E-state index in [1.165, 1.54) is 14.0 Å². The summed E-state index contributed by atoms with van der Waals surface area (Å²) in [4.78, 5) is 28.9. The molecule has 6 nitrogen and oxygen atoms in total. The second-order valence-electron chi connectivity index (χ2n) is 3.90. The van der Waals surface area contributed by atoms with Gasteiger partial charge in [-0.15, -0.1) is 0 Å². The normalized spacial score (nSPS) is 10.2. The zero-order valence-electron chi connectivity index (χ0n) is 10.4. The average molecular weight is 260 g/mol. The fraction of sp³-hybridized carbons (Fsp3) is 0.154. The molecule has 0 aliphatic rings. The van der Waals surface area contributed by atoms with E-state index in [0.29, 0.717) is 11.3 Å². The van der Waals surface area contributed by atoms with Gasteiger partial charge in [0.2, 0.25) is 0 Å². The zero-order chi connectivity index (χ0) is 14.0. The van der Waals surface area contributed by atoms with Crippen molar-refractivity contribution in [1.82, 2.24) is 9.97 Å². The Kier molecular flexibility index (Phi) is 3.33. The van der Waals surface area contributed by atoms with Crippen LogP contribution in [0.4, 0.5) is 0 Å². The number of carbonyl (C=O) groups is 1. The Hall–Kier alpha value is -2.63. The molecule has 1 heterocycles. The summed E-state index contributed by atoms with van der Waals surface area (Å²) >= 11 is 0. The van der Waals surface area contributed by atoms with Crippen molar-refractivity contribution in [3.63, 3.8) is 0 Å². The van der Waals surface area contributed by atoms with Crippen molar-refractivity contribution in [2.75, 3.05) is 7.11 Å². The third-order valence-corrected chi connectivity index (χ3v) is 2.70.